The Morgan fingerprint density at radius 3 is 2.03 bits per heavy atom. The van der Waals surface area contributed by atoms with Gasteiger partial charge in [-0.05, 0) is 73.2 Å². The Bertz CT molecular complexity index is 1280. The van der Waals surface area contributed by atoms with Crippen LogP contribution in [0.1, 0.15) is 39.7 Å². The Morgan fingerprint density at radius 1 is 0.973 bits per heavy atom. The van der Waals surface area contributed by atoms with Crippen LogP contribution in [-0.4, -0.2) is 23.2 Å². The molecule has 37 heavy (non-hydrogen) atoms. The van der Waals surface area contributed by atoms with Gasteiger partial charge in [0.1, 0.15) is 29.3 Å². The van der Waals surface area contributed by atoms with Crippen LogP contribution in [0.4, 0.5) is 0 Å². The number of halogens is 1. The summed E-state index contributed by atoms with van der Waals surface area (Å²) in [6.07, 6.45) is 4.54. The molecule has 0 saturated carbocycles. The summed E-state index contributed by atoms with van der Waals surface area (Å²) in [5.41, 5.74) is 3.64. The minimum absolute atomic E-state index is 0. The van der Waals surface area contributed by atoms with Crippen LogP contribution in [0, 0.1) is 5.41 Å². The quantitative estimate of drug-likeness (QED) is 0.347. The van der Waals surface area contributed by atoms with E-state index in [1.54, 1.807) is 0 Å². The van der Waals surface area contributed by atoms with Crippen LogP contribution in [0.2, 0.25) is 0 Å². The van der Waals surface area contributed by atoms with E-state index in [0.717, 1.165) is 22.9 Å². The van der Waals surface area contributed by atoms with Crippen LogP contribution in [0.25, 0.3) is 5.57 Å². The fourth-order valence-electron chi connectivity index (χ4n) is 5.61. The van der Waals surface area contributed by atoms with Crippen molar-refractivity contribution in [2.45, 2.75) is 40.2 Å². The molecular weight excluding hydrogens is 539 g/mol. The van der Waals surface area contributed by atoms with Crippen molar-refractivity contribution in [3.8, 4) is 0 Å². The van der Waals surface area contributed by atoms with Crippen molar-refractivity contribution >= 4 is 34.5 Å². The van der Waals surface area contributed by atoms with Crippen LogP contribution in [0.3, 0.4) is 0 Å². The minimum atomic E-state index is -2.17. The Balaban J connectivity index is 0.00000380. The van der Waals surface area contributed by atoms with E-state index in [1.165, 1.54) is 15.9 Å². The first-order valence-corrected chi connectivity index (χ1v) is 14.5. The van der Waals surface area contributed by atoms with E-state index in [1.807, 2.05) is 13.0 Å². The van der Waals surface area contributed by atoms with E-state index in [4.69, 9.17) is 0 Å². The highest BCUT2D eigenvalue weighted by atomic mass is 79.9. The van der Waals surface area contributed by atoms with Crippen LogP contribution < -0.4 is 32.9 Å². The summed E-state index contributed by atoms with van der Waals surface area (Å²) in [5.74, 6) is -0.162. The molecule has 4 heteroatoms. The number of rotatable bonds is 7. The molecule has 0 fully saturated rings. The number of hydrogen-bond donors (Lipinski definition) is 1. The van der Waals surface area contributed by atoms with E-state index in [2.05, 4.69) is 118 Å². The molecular formula is C33H36BrO2P. The molecule has 1 aliphatic rings. The molecule has 1 atom stereocenters. The van der Waals surface area contributed by atoms with Gasteiger partial charge in [-0.25, -0.2) is 0 Å². The van der Waals surface area contributed by atoms with E-state index in [9.17, 15) is 9.90 Å². The molecule has 1 N–H and O–H groups in total. The molecule has 0 amide bonds. The molecule has 0 spiro atoms. The molecule has 0 aromatic heterocycles. The average Bonchev–Trinajstić information content (AvgIpc) is 2.89. The Labute approximate surface area is 232 Å². The Morgan fingerprint density at radius 2 is 1.49 bits per heavy atom. The summed E-state index contributed by atoms with van der Waals surface area (Å²) in [6, 6.07) is 30.2. The lowest BCUT2D eigenvalue weighted by Crippen LogP contribution is -3.00. The molecule has 2 nitrogen and oxygen atoms in total. The molecule has 1 aliphatic carbocycles. The predicted molar refractivity (Wildman–Crippen MR) is 156 cm³/mol. The summed E-state index contributed by atoms with van der Waals surface area (Å²) in [7, 11) is -2.17. The third kappa shape index (κ3) is 5.50. The van der Waals surface area contributed by atoms with Gasteiger partial charge in [0.15, 0.2) is 5.78 Å². The second kappa shape index (κ2) is 11.9. The number of aliphatic hydroxyl groups excluding tert-OH is 1. The predicted octanol–water partition coefficient (Wildman–Crippen LogP) is 3.25. The van der Waals surface area contributed by atoms with Gasteiger partial charge in [-0.15, -0.1) is 0 Å². The molecule has 3 aromatic carbocycles. The first-order chi connectivity index (χ1) is 17.2. The van der Waals surface area contributed by atoms with Gasteiger partial charge in [-0.1, -0.05) is 86.7 Å². The first kappa shape index (κ1) is 29.0. The number of carbonyl (C=O) groups is 1. The minimum Gasteiger partial charge on any atom is -1.00 e. The zero-order chi connectivity index (χ0) is 25.9. The number of hydrogen-bond acceptors (Lipinski definition) is 2. The lowest BCUT2D eigenvalue weighted by molar-refractivity contribution is -0.125. The number of carbonyl (C=O) groups excluding carboxylic acids is 1. The standard InChI is InChI=1S/C33H36O2P.BrH/c1-6-24(2)21-22-36(26-15-9-7-10-16-26,27-17-11-8-12-18-27)30-20-14-13-19-28(30)31-25(3)32(35)29(34)23-33(31,4)5;/h6-21,29,34H,1,22-23H2,2-5H3;1H/q+1;/p-1. The van der Waals surface area contributed by atoms with Gasteiger partial charge >= 0.3 is 0 Å². The van der Waals surface area contributed by atoms with E-state index >= 15 is 0 Å². The van der Waals surface area contributed by atoms with Crippen molar-refractivity contribution in [2.24, 2.45) is 5.41 Å². The second-order valence-electron chi connectivity index (χ2n) is 10.3. The van der Waals surface area contributed by atoms with Crippen molar-refractivity contribution in [3.05, 3.63) is 120 Å². The van der Waals surface area contributed by atoms with Crippen LogP contribution in [0.5, 0.6) is 0 Å². The highest BCUT2D eigenvalue weighted by Gasteiger charge is 2.48. The molecule has 4 rings (SSSR count). The maximum Gasteiger partial charge on any atom is 0.187 e. The Hall–Kier alpha value is -2.58. The molecule has 0 saturated heterocycles. The fraction of sp³-hybridized carbons (Fsp3) is 0.242. The molecule has 0 radical (unpaired) electrons. The van der Waals surface area contributed by atoms with E-state index < -0.39 is 13.4 Å². The van der Waals surface area contributed by atoms with Gasteiger partial charge in [0.25, 0.3) is 0 Å². The monoisotopic (exact) mass is 574 g/mol. The number of benzene rings is 3. The number of aliphatic hydroxyl groups is 1. The molecule has 3 aromatic rings. The normalized spacial score (nSPS) is 17.8. The van der Waals surface area contributed by atoms with Crippen LogP contribution in [-0.2, 0) is 4.79 Å². The van der Waals surface area contributed by atoms with Gasteiger partial charge < -0.3 is 22.1 Å². The van der Waals surface area contributed by atoms with Crippen molar-refractivity contribution < 1.29 is 26.9 Å². The second-order valence-corrected chi connectivity index (χ2v) is 13.8. The third-order valence-electron chi connectivity index (χ3n) is 7.42. The van der Waals surface area contributed by atoms with Crippen LogP contribution >= 0.6 is 7.26 Å². The third-order valence-corrected chi connectivity index (χ3v) is 11.7. The van der Waals surface area contributed by atoms with E-state index in [0.29, 0.717) is 12.0 Å². The molecule has 0 aliphatic heterocycles. The van der Waals surface area contributed by atoms with E-state index in [-0.39, 0.29) is 28.2 Å². The zero-order valence-corrected chi connectivity index (χ0v) is 24.6. The Kier molecular flexibility index (Phi) is 9.29. The SMILES string of the molecule is C=CC(C)=CC[P+](c1ccccc1)(c1ccccc1)c1ccccc1C1=C(C)C(=O)C(O)CC1(C)C.[Br-]. The van der Waals surface area contributed by atoms with Gasteiger partial charge in [-0.2, -0.15) is 0 Å². The molecule has 1 unspecified atom stereocenters. The number of ketones is 1. The van der Waals surface area contributed by atoms with Crippen molar-refractivity contribution in [1.82, 2.24) is 0 Å². The summed E-state index contributed by atoms with van der Waals surface area (Å²) in [4.78, 5) is 13.0. The lowest BCUT2D eigenvalue weighted by Gasteiger charge is -2.38. The largest absolute Gasteiger partial charge is 1.00 e. The highest BCUT2D eigenvalue weighted by Crippen LogP contribution is 2.58. The average molecular weight is 576 g/mol. The van der Waals surface area contributed by atoms with Crippen molar-refractivity contribution in [3.63, 3.8) is 0 Å². The van der Waals surface area contributed by atoms with Gasteiger partial charge in [0.05, 0.1) is 6.16 Å². The molecule has 192 valence electrons. The topological polar surface area (TPSA) is 37.3 Å². The number of Topliss-reactive ketones (excluding diaryl/α,β-unsaturated/α-hetero) is 1. The summed E-state index contributed by atoms with van der Waals surface area (Å²) >= 11 is 0. The zero-order valence-electron chi connectivity index (χ0n) is 22.1. The maximum atomic E-state index is 13.0. The smallest absolute Gasteiger partial charge is 0.187 e. The summed E-state index contributed by atoms with van der Waals surface area (Å²) < 4.78 is 0. The molecule has 0 bridgehead atoms. The van der Waals surface area contributed by atoms with Gasteiger partial charge in [0, 0.05) is 5.56 Å². The maximum absolute atomic E-state index is 13.0. The fourth-order valence-corrected chi connectivity index (χ4v) is 9.94. The van der Waals surface area contributed by atoms with Crippen molar-refractivity contribution in [1.29, 1.82) is 0 Å². The summed E-state index contributed by atoms with van der Waals surface area (Å²) in [5, 5.41) is 14.4. The van der Waals surface area contributed by atoms with Gasteiger partial charge in [-0.3, -0.25) is 4.79 Å². The molecule has 0 heterocycles. The number of allylic oxidation sites excluding steroid dienone is 4. The van der Waals surface area contributed by atoms with Crippen LogP contribution in [0.15, 0.2) is 115 Å². The van der Waals surface area contributed by atoms with Gasteiger partial charge in [0.2, 0.25) is 0 Å². The highest BCUT2D eigenvalue weighted by molar-refractivity contribution is 7.96. The lowest BCUT2D eigenvalue weighted by atomic mass is 9.69. The van der Waals surface area contributed by atoms with Crippen molar-refractivity contribution in [2.75, 3.05) is 6.16 Å². The summed E-state index contributed by atoms with van der Waals surface area (Å²) in [6.45, 7) is 12.3. The first-order valence-electron chi connectivity index (χ1n) is 12.5.